The highest BCUT2D eigenvalue weighted by atomic mass is 15.0. The van der Waals surface area contributed by atoms with Crippen molar-refractivity contribution in [2.45, 2.75) is 51.5 Å². The first kappa shape index (κ1) is 12.6. The second-order valence-corrected chi connectivity index (χ2v) is 5.22. The van der Waals surface area contributed by atoms with Gasteiger partial charge in [0.2, 0.25) is 0 Å². The van der Waals surface area contributed by atoms with Crippen LogP contribution in [-0.4, -0.2) is 22.1 Å². The molecule has 1 N–H and O–H groups in total. The van der Waals surface area contributed by atoms with Crippen LogP contribution in [0.4, 0.5) is 0 Å². The Morgan fingerprint density at radius 2 is 2.24 bits per heavy atom. The van der Waals surface area contributed by atoms with Crippen LogP contribution in [0.1, 0.15) is 44.9 Å². The lowest BCUT2D eigenvalue weighted by Gasteiger charge is -2.31. The number of hydrogen-bond donors (Lipinski definition) is 1. The van der Waals surface area contributed by atoms with Crippen LogP contribution in [0.3, 0.4) is 0 Å². The third kappa shape index (κ3) is 3.32. The van der Waals surface area contributed by atoms with E-state index in [0.29, 0.717) is 0 Å². The minimum atomic E-state index is 0.744. The van der Waals surface area contributed by atoms with E-state index >= 15 is 0 Å². The third-order valence-corrected chi connectivity index (χ3v) is 4.11. The molecule has 0 amide bonds. The number of hydrogen-bond acceptors (Lipinski definition) is 2. The van der Waals surface area contributed by atoms with E-state index in [-0.39, 0.29) is 0 Å². The maximum Gasteiger partial charge on any atom is 0.109 e. The fourth-order valence-electron chi connectivity index (χ4n) is 2.97. The fraction of sp³-hybridized carbons (Fsp3) is 0.786. The van der Waals surface area contributed by atoms with Crippen LogP contribution in [0, 0.1) is 5.92 Å². The van der Waals surface area contributed by atoms with Gasteiger partial charge in [-0.2, -0.15) is 0 Å². The Hall–Kier alpha value is -0.830. The van der Waals surface area contributed by atoms with E-state index in [4.69, 9.17) is 0 Å². The molecule has 17 heavy (non-hydrogen) atoms. The number of imidazole rings is 1. The third-order valence-electron chi connectivity index (χ3n) is 4.11. The zero-order valence-corrected chi connectivity index (χ0v) is 11.2. The van der Waals surface area contributed by atoms with E-state index in [9.17, 15) is 0 Å². The average molecular weight is 235 g/mol. The maximum atomic E-state index is 4.36. The van der Waals surface area contributed by atoms with Crippen LogP contribution >= 0.6 is 0 Å². The summed E-state index contributed by atoms with van der Waals surface area (Å²) in [4.78, 5) is 4.36. The first-order valence-corrected chi connectivity index (χ1v) is 7.01. The van der Waals surface area contributed by atoms with Crippen molar-refractivity contribution < 1.29 is 0 Å². The van der Waals surface area contributed by atoms with Crippen LogP contribution in [0.15, 0.2) is 12.4 Å². The summed E-state index contributed by atoms with van der Waals surface area (Å²) in [6.07, 6.45) is 11.9. The molecule has 2 rings (SSSR count). The van der Waals surface area contributed by atoms with Gasteiger partial charge < -0.3 is 9.88 Å². The number of nitrogens with one attached hydrogen (secondary N) is 1. The summed E-state index contributed by atoms with van der Waals surface area (Å²) < 4.78 is 2.11. The van der Waals surface area contributed by atoms with Crippen molar-refractivity contribution in [1.29, 1.82) is 0 Å². The predicted octanol–water partition coefficient (Wildman–Crippen LogP) is 2.52. The highest BCUT2D eigenvalue weighted by molar-refractivity contribution is 4.92. The zero-order chi connectivity index (χ0) is 12.1. The van der Waals surface area contributed by atoms with Crippen molar-refractivity contribution in [2.75, 3.05) is 6.54 Å². The fourth-order valence-corrected chi connectivity index (χ4v) is 2.97. The van der Waals surface area contributed by atoms with Gasteiger partial charge in [0.15, 0.2) is 0 Å². The minimum Gasteiger partial charge on any atom is -0.338 e. The topological polar surface area (TPSA) is 29.9 Å². The molecular weight excluding hydrogens is 210 g/mol. The Morgan fingerprint density at radius 1 is 1.41 bits per heavy atom. The number of nitrogens with zero attached hydrogens (tertiary/aromatic N) is 2. The molecule has 0 radical (unpaired) electrons. The number of aromatic nitrogens is 2. The summed E-state index contributed by atoms with van der Waals surface area (Å²) in [6.45, 7) is 3.38. The first-order valence-electron chi connectivity index (χ1n) is 7.01. The summed E-state index contributed by atoms with van der Waals surface area (Å²) in [5, 5.41) is 3.73. The molecule has 1 aliphatic carbocycles. The Kier molecular flexibility index (Phi) is 4.60. The van der Waals surface area contributed by atoms with Gasteiger partial charge in [0, 0.05) is 38.4 Å². The molecule has 1 saturated carbocycles. The van der Waals surface area contributed by atoms with Gasteiger partial charge in [0.05, 0.1) is 0 Å². The standard InChI is InChI=1S/C14H25N3/c1-3-12-6-4-5-7-13(12)15-9-8-14-16-10-11-17(14)2/h10-13,15H,3-9H2,1-2H3. The second-order valence-electron chi connectivity index (χ2n) is 5.22. The highest BCUT2D eigenvalue weighted by Crippen LogP contribution is 2.26. The summed E-state index contributed by atoms with van der Waals surface area (Å²) in [5.74, 6) is 2.08. The molecule has 0 bridgehead atoms. The van der Waals surface area contributed by atoms with Crippen LogP contribution < -0.4 is 5.32 Å². The Bertz CT molecular complexity index is 332. The van der Waals surface area contributed by atoms with E-state index in [2.05, 4.69) is 28.8 Å². The number of aryl methyl sites for hydroxylation is 1. The van der Waals surface area contributed by atoms with E-state index in [1.165, 1.54) is 37.9 Å². The van der Waals surface area contributed by atoms with Crippen LogP contribution in [0.25, 0.3) is 0 Å². The predicted molar refractivity (Wildman–Crippen MR) is 71.0 cm³/mol. The van der Waals surface area contributed by atoms with Crippen molar-refractivity contribution >= 4 is 0 Å². The molecule has 1 aliphatic rings. The summed E-state index contributed by atoms with van der Waals surface area (Å²) >= 11 is 0. The van der Waals surface area contributed by atoms with Gasteiger partial charge in [0.25, 0.3) is 0 Å². The highest BCUT2D eigenvalue weighted by Gasteiger charge is 2.22. The Morgan fingerprint density at radius 3 is 2.94 bits per heavy atom. The zero-order valence-electron chi connectivity index (χ0n) is 11.2. The minimum absolute atomic E-state index is 0.744. The van der Waals surface area contributed by atoms with Gasteiger partial charge in [-0.15, -0.1) is 0 Å². The van der Waals surface area contributed by atoms with Gasteiger partial charge in [-0.05, 0) is 18.8 Å². The average Bonchev–Trinajstić information content (AvgIpc) is 2.76. The van der Waals surface area contributed by atoms with Gasteiger partial charge in [-0.25, -0.2) is 4.98 Å². The lowest BCUT2D eigenvalue weighted by Crippen LogP contribution is -2.39. The normalized spacial score (nSPS) is 25.1. The lowest BCUT2D eigenvalue weighted by molar-refractivity contribution is 0.256. The quantitative estimate of drug-likeness (QED) is 0.850. The van der Waals surface area contributed by atoms with Crippen molar-refractivity contribution in [3.63, 3.8) is 0 Å². The molecular formula is C14H25N3. The monoisotopic (exact) mass is 235 g/mol. The van der Waals surface area contributed by atoms with E-state index < -0.39 is 0 Å². The molecule has 0 aliphatic heterocycles. The molecule has 1 aromatic heterocycles. The van der Waals surface area contributed by atoms with Crippen LogP contribution in [-0.2, 0) is 13.5 Å². The van der Waals surface area contributed by atoms with E-state index in [1.807, 2.05) is 12.4 Å². The van der Waals surface area contributed by atoms with Crippen LogP contribution in [0.5, 0.6) is 0 Å². The molecule has 1 heterocycles. The molecule has 1 aromatic rings. The molecule has 3 nitrogen and oxygen atoms in total. The van der Waals surface area contributed by atoms with Crippen molar-refractivity contribution in [3.8, 4) is 0 Å². The van der Waals surface area contributed by atoms with Crippen LogP contribution in [0.2, 0.25) is 0 Å². The lowest BCUT2D eigenvalue weighted by atomic mass is 9.83. The molecule has 1 fully saturated rings. The summed E-state index contributed by atoms with van der Waals surface area (Å²) in [5.41, 5.74) is 0. The Balaban J connectivity index is 1.75. The first-order chi connectivity index (χ1) is 8.31. The van der Waals surface area contributed by atoms with Crippen molar-refractivity contribution in [3.05, 3.63) is 18.2 Å². The molecule has 0 saturated heterocycles. The maximum absolute atomic E-state index is 4.36. The molecule has 0 spiro atoms. The number of rotatable bonds is 5. The second kappa shape index (κ2) is 6.20. The SMILES string of the molecule is CCC1CCCCC1NCCc1nccn1C. The van der Waals surface area contributed by atoms with Gasteiger partial charge in [-0.1, -0.05) is 26.2 Å². The molecule has 0 aromatic carbocycles. The summed E-state index contributed by atoms with van der Waals surface area (Å²) in [7, 11) is 2.07. The van der Waals surface area contributed by atoms with E-state index in [1.54, 1.807) is 0 Å². The van der Waals surface area contributed by atoms with Gasteiger partial charge in [-0.3, -0.25) is 0 Å². The molecule has 96 valence electrons. The smallest absolute Gasteiger partial charge is 0.109 e. The van der Waals surface area contributed by atoms with Gasteiger partial charge >= 0.3 is 0 Å². The van der Waals surface area contributed by atoms with Crippen molar-refractivity contribution in [2.24, 2.45) is 13.0 Å². The van der Waals surface area contributed by atoms with Gasteiger partial charge in [0.1, 0.15) is 5.82 Å². The molecule has 2 unspecified atom stereocenters. The summed E-state index contributed by atoms with van der Waals surface area (Å²) in [6, 6.07) is 0.744. The molecule has 3 heteroatoms. The van der Waals surface area contributed by atoms with E-state index in [0.717, 1.165) is 24.9 Å². The Labute approximate surface area is 105 Å². The molecule has 2 atom stereocenters. The van der Waals surface area contributed by atoms with Crippen molar-refractivity contribution in [1.82, 2.24) is 14.9 Å². The largest absolute Gasteiger partial charge is 0.338 e.